The van der Waals surface area contributed by atoms with Crippen molar-refractivity contribution in [3.05, 3.63) is 0 Å². The topological polar surface area (TPSA) is 50.4 Å². The summed E-state index contributed by atoms with van der Waals surface area (Å²) >= 11 is -0.699. The molecule has 2 unspecified atom stereocenters. The minimum absolute atomic E-state index is 0.0419. The average molecular weight is 352 g/mol. The van der Waals surface area contributed by atoms with Gasteiger partial charge in [0.05, 0.1) is 0 Å². The maximum atomic E-state index is 12.0. The quantitative estimate of drug-likeness (QED) is 0.556. The van der Waals surface area contributed by atoms with Crippen molar-refractivity contribution in [3.8, 4) is 0 Å². The number of carbonyl (C=O) groups excluding carboxylic acids is 1. The first-order valence-electron chi connectivity index (χ1n) is 6.21. The summed E-state index contributed by atoms with van der Waals surface area (Å²) < 4.78 is 8.76. The van der Waals surface area contributed by atoms with Crippen LogP contribution in [0, 0.1) is 0 Å². The number of nitrogens with one attached hydrogen (secondary N) is 2. The van der Waals surface area contributed by atoms with Crippen LogP contribution in [0.15, 0.2) is 0 Å². The zero-order valence-electron chi connectivity index (χ0n) is 10.7. The van der Waals surface area contributed by atoms with E-state index in [1.807, 2.05) is 20.8 Å². The van der Waals surface area contributed by atoms with Crippen molar-refractivity contribution in [1.29, 1.82) is 0 Å². The van der Waals surface area contributed by atoms with Crippen LogP contribution in [0.5, 0.6) is 0 Å². The Morgan fingerprint density at radius 2 is 2.18 bits per heavy atom. The molecular weight excluding hydrogens is 331 g/mol. The van der Waals surface area contributed by atoms with Crippen molar-refractivity contribution < 1.29 is 9.53 Å². The molecule has 2 atom stereocenters. The molecule has 3 rings (SSSR count). The number of alkyl carbamates (subject to hydrolysis) is 1. The van der Waals surface area contributed by atoms with Crippen LogP contribution >= 0.6 is 19.8 Å². The summed E-state index contributed by atoms with van der Waals surface area (Å²) in [5.74, 6) is 0. The van der Waals surface area contributed by atoms with Crippen LogP contribution in [-0.4, -0.2) is 42.6 Å². The van der Waals surface area contributed by atoms with Gasteiger partial charge in [0.1, 0.15) is 0 Å². The van der Waals surface area contributed by atoms with Gasteiger partial charge in [-0.25, -0.2) is 0 Å². The molecule has 1 spiro atoms. The fraction of sp³-hybridized carbons (Fsp3) is 0.917. The SMILES string of the molecule is CC(C)(C)OC(=O)NC12CCI3CC31CNC2. The normalized spacial score (nSPS) is 40.8. The summed E-state index contributed by atoms with van der Waals surface area (Å²) in [5.41, 5.74) is -0.361. The molecule has 98 valence electrons. The third-order valence-electron chi connectivity index (χ3n) is 3.99. The third kappa shape index (κ3) is 1.77. The molecule has 3 saturated heterocycles. The molecule has 0 radical (unpaired) electrons. The first-order chi connectivity index (χ1) is 7.87. The van der Waals surface area contributed by atoms with Gasteiger partial charge in [0.15, 0.2) is 0 Å². The van der Waals surface area contributed by atoms with E-state index in [0.717, 1.165) is 13.1 Å². The third-order valence-corrected chi connectivity index (χ3v) is 11.8. The Balaban J connectivity index is 1.71. The number of hydrogen-bond acceptors (Lipinski definition) is 3. The molecule has 3 aliphatic heterocycles. The van der Waals surface area contributed by atoms with Crippen LogP contribution in [0.25, 0.3) is 0 Å². The van der Waals surface area contributed by atoms with Crippen molar-refractivity contribution in [2.24, 2.45) is 0 Å². The van der Waals surface area contributed by atoms with E-state index in [-0.39, 0.29) is 11.6 Å². The molecule has 3 aliphatic rings. The zero-order chi connectivity index (χ0) is 12.3. The van der Waals surface area contributed by atoms with Crippen LogP contribution in [-0.2, 0) is 4.74 Å². The predicted octanol–water partition coefficient (Wildman–Crippen LogP) is 1.52. The molecule has 2 N–H and O–H groups in total. The van der Waals surface area contributed by atoms with Crippen molar-refractivity contribution in [3.63, 3.8) is 0 Å². The molecule has 0 aromatic carbocycles. The number of rotatable bonds is 1. The maximum absolute atomic E-state index is 12.0. The summed E-state index contributed by atoms with van der Waals surface area (Å²) in [7, 11) is 0. The molecule has 0 aliphatic carbocycles. The number of halogens is 1. The van der Waals surface area contributed by atoms with E-state index in [1.165, 1.54) is 15.3 Å². The van der Waals surface area contributed by atoms with Crippen LogP contribution in [0.3, 0.4) is 0 Å². The van der Waals surface area contributed by atoms with Gasteiger partial charge in [-0.15, -0.1) is 0 Å². The van der Waals surface area contributed by atoms with E-state index in [2.05, 4.69) is 10.6 Å². The van der Waals surface area contributed by atoms with Gasteiger partial charge in [-0.2, -0.15) is 0 Å². The van der Waals surface area contributed by atoms with Gasteiger partial charge < -0.3 is 0 Å². The van der Waals surface area contributed by atoms with Crippen LogP contribution in [0.2, 0.25) is 0 Å². The second kappa shape index (κ2) is 3.50. The molecular formula is C12H21IN2O2. The van der Waals surface area contributed by atoms with Gasteiger partial charge in [0, 0.05) is 0 Å². The molecule has 0 aromatic rings. The fourth-order valence-corrected chi connectivity index (χ4v) is 12.6. The average Bonchev–Trinajstić information content (AvgIpc) is 2.61. The Hall–Kier alpha value is -0.0400. The van der Waals surface area contributed by atoms with E-state index in [9.17, 15) is 4.79 Å². The summed E-state index contributed by atoms with van der Waals surface area (Å²) in [4.78, 5) is 12.0. The standard InChI is InChI=1S/C12H21IN2O2/c1-10(2,3)17-9(16)15-12-4-5-13-6-11(12,13)7-14-8-12/h14H,4-8H2,1-3H3,(H,15,16). The Labute approximate surface area is 110 Å². The van der Waals surface area contributed by atoms with E-state index in [0.29, 0.717) is 3.42 Å². The second-order valence-corrected chi connectivity index (χ2v) is 12.8. The van der Waals surface area contributed by atoms with Crippen LogP contribution in [0.1, 0.15) is 27.2 Å². The van der Waals surface area contributed by atoms with Crippen LogP contribution in [0.4, 0.5) is 4.79 Å². The fourth-order valence-electron chi connectivity index (χ4n) is 3.11. The van der Waals surface area contributed by atoms with Gasteiger partial charge in [-0.05, 0) is 0 Å². The summed E-state index contributed by atoms with van der Waals surface area (Å²) in [6.45, 7) is 7.82. The Kier molecular flexibility index (Phi) is 2.47. The first kappa shape index (κ1) is 12.0. The molecule has 0 bridgehead atoms. The molecule has 1 amide bonds. The molecule has 3 fully saturated rings. The van der Waals surface area contributed by atoms with Gasteiger partial charge in [-0.3, -0.25) is 0 Å². The molecule has 4 nitrogen and oxygen atoms in total. The van der Waals surface area contributed by atoms with Crippen LogP contribution < -0.4 is 10.6 Å². The number of ether oxygens (including phenoxy) is 1. The van der Waals surface area contributed by atoms with Gasteiger partial charge in [0.2, 0.25) is 0 Å². The number of amides is 1. The van der Waals surface area contributed by atoms with Crippen molar-refractivity contribution >= 4 is 25.9 Å². The number of hydrogen-bond donors (Lipinski definition) is 2. The summed E-state index contributed by atoms with van der Waals surface area (Å²) in [5, 5.41) is 6.69. The molecule has 17 heavy (non-hydrogen) atoms. The van der Waals surface area contributed by atoms with Gasteiger partial charge in [0.25, 0.3) is 0 Å². The first-order valence-corrected chi connectivity index (χ1v) is 10.3. The Morgan fingerprint density at radius 1 is 1.41 bits per heavy atom. The van der Waals surface area contributed by atoms with E-state index in [4.69, 9.17) is 4.74 Å². The number of alkyl halides is 3. The predicted molar refractivity (Wildman–Crippen MR) is 76.1 cm³/mol. The van der Waals surface area contributed by atoms with E-state index >= 15 is 0 Å². The Morgan fingerprint density at radius 3 is 2.82 bits per heavy atom. The van der Waals surface area contributed by atoms with E-state index < -0.39 is 25.4 Å². The monoisotopic (exact) mass is 352 g/mol. The Bertz CT molecular complexity index is 364. The van der Waals surface area contributed by atoms with Gasteiger partial charge in [-0.1, -0.05) is 0 Å². The van der Waals surface area contributed by atoms with Crippen molar-refractivity contribution in [2.45, 2.75) is 41.8 Å². The molecule has 0 saturated carbocycles. The summed E-state index contributed by atoms with van der Waals surface area (Å²) in [6, 6.07) is 0. The zero-order valence-corrected chi connectivity index (χ0v) is 12.9. The van der Waals surface area contributed by atoms with Crippen molar-refractivity contribution in [2.75, 3.05) is 21.9 Å². The van der Waals surface area contributed by atoms with E-state index in [1.54, 1.807) is 0 Å². The molecule has 0 aromatic heterocycles. The van der Waals surface area contributed by atoms with Crippen molar-refractivity contribution in [1.82, 2.24) is 10.6 Å². The minimum atomic E-state index is -0.699. The molecule has 5 heteroatoms. The number of carbonyl (C=O) groups is 1. The summed E-state index contributed by atoms with van der Waals surface area (Å²) in [6.07, 6.45) is 0.939. The molecule has 3 heterocycles. The van der Waals surface area contributed by atoms with Gasteiger partial charge >= 0.3 is 110 Å². The second-order valence-electron chi connectivity index (χ2n) is 6.31.